The Morgan fingerprint density at radius 3 is 2.71 bits per heavy atom. The summed E-state index contributed by atoms with van der Waals surface area (Å²) >= 11 is 6.57. The minimum atomic E-state index is -0.316. The summed E-state index contributed by atoms with van der Waals surface area (Å²) < 4.78 is 14.2. The van der Waals surface area contributed by atoms with Crippen LogP contribution < -0.4 is 5.32 Å². The molecule has 17 heavy (non-hydrogen) atoms. The fourth-order valence-corrected chi connectivity index (χ4v) is 1.83. The lowest BCUT2D eigenvalue weighted by atomic mass is 10.1. The van der Waals surface area contributed by atoms with Gasteiger partial charge in [0.05, 0.1) is 4.83 Å². The van der Waals surface area contributed by atoms with Gasteiger partial charge in [0.1, 0.15) is 5.82 Å². The Morgan fingerprint density at radius 1 is 1.47 bits per heavy atom. The Hall–Kier alpha value is -0.420. The molecule has 1 amide bonds. The van der Waals surface area contributed by atoms with E-state index in [-0.39, 0.29) is 29.0 Å². The topological polar surface area (TPSA) is 29.1 Å². The van der Waals surface area contributed by atoms with E-state index in [1.54, 1.807) is 12.1 Å². The first kappa shape index (κ1) is 14.6. The average Bonchev–Trinajstić information content (AvgIpc) is 2.28. The van der Waals surface area contributed by atoms with Gasteiger partial charge in [0.25, 0.3) is 0 Å². The number of carbonyl (C=O) groups excluding carboxylic acids is 1. The minimum Gasteiger partial charge on any atom is -0.351 e. The molecule has 0 saturated carbocycles. The third-order valence-electron chi connectivity index (χ3n) is 2.30. The molecule has 5 heteroatoms. The predicted octanol–water partition coefficient (Wildman–Crippen LogP) is 3.62. The van der Waals surface area contributed by atoms with Crippen LogP contribution >= 0.6 is 31.9 Å². The van der Waals surface area contributed by atoms with Crippen LogP contribution in [0.1, 0.15) is 19.4 Å². The van der Waals surface area contributed by atoms with Crippen molar-refractivity contribution in [1.29, 1.82) is 0 Å². The van der Waals surface area contributed by atoms with E-state index in [9.17, 15) is 9.18 Å². The minimum absolute atomic E-state index is 0.126. The molecule has 0 heterocycles. The van der Waals surface area contributed by atoms with Crippen LogP contribution in [0.5, 0.6) is 0 Å². The average molecular weight is 367 g/mol. The highest BCUT2D eigenvalue weighted by atomic mass is 79.9. The number of carbonyl (C=O) groups is 1. The maximum atomic E-state index is 13.4. The molecular weight excluding hydrogens is 353 g/mol. The number of rotatable bonds is 4. The number of hydrogen-bond donors (Lipinski definition) is 1. The summed E-state index contributed by atoms with van der Waals surface area (Å²) in [5.74, 6) is -0.245. The Morgan fingerprint density at radius 2 is 2.12 bits per heavy atom. The van der Waals surface area contributed by atoms with E-state index in [0.29, 0.717) is 5.56 Å². The molecule has 1 unspecified atom stereocenters. The van der Waals surface area contributed by atoms with Crippen molar-refractivity contribution in [3.05, 3.63) is 34.1 Å². The summed E-state index contributed by atoms with van der Waals surface area (Å²) in [7, 11) is 0. The normalized spacial score (nSPS) is 12.6. The lowest BCUT2D eigenvalue weighted by Gasteiger charge is -2.14. The van der Waals surface area contributed by atoms with E-state index < -0.39 is 0 Å². The van der Waals surface area contributed by atoms with E-state index in [4.69, 9.17) is 0 Å². The van der Waals surface area contributed by atoms with Crippen molar-refractivity contribution in [2.75, 3.05) is 0 Å². The van der Waals surface area contributed by atoms with E-state index in [1.807, 2.05) is 13.8 Å². The van der Waals surface area contributed by atoms with Crippen molar-refractivity contribution in [1.82, 2.24) is 5.32 Å². The van der Waals surface area contributed by atoms with E-state index in [1.165, 1.54) is 6.07 Å². The molecule has 2 nitrogen and oxygen atoms in total. The lowest BCUT2D eigenvalue weighted by Crippen LogP contribution is -2.33. The van der Waals surface area contributed by atoms with E-state index in [0.717, 1.165) is 4.47 Å². The summed E-state index contributed by atoms with van der Waals surface area (Å²) in [5.41, 5.74) is 0.469. The molecular formula is C12H14Br2FNO. The summed E-state index contributed by atoms with van der Waals surface area (Å²) in [6.07, 6.45) is 0. The zero-order valence-corrected chi connectivity index (χ0v) is 12.8. The summed E-state index contributed by atoms with van der Waals surface area (Å²) in [6.45, 7) is 4.08. The Balaban J connectivity index is 2.61. The van der Waals surface area contributed by atoms with Gasteiger partial charge in [-0.3, -0.25) is 4.79 Å². The van der Waals surface area contributed by atoms with Crippen LogP contribution in [0.15, 0.2) is 22.7 Å². The van der Waals surface area contributed by atoms with Crippen LogP contribution in [0.4, 0.5) is 4.39 Å². The number of alkyl halides is 1. The SMILES string of the molecule is CC(C)C(Br)C(=O)NCc1cc(Br)ccc1F. The second kappa shape index (κ2) is 6.50. The molecule has 0 saturated heterocycles. The Bertz CT molecular complexity index is 409. The highest BCUT2D eigenvalue weighted by Crippen LogP contribution is 2.16. The molecule has 0 radical (unpaired) electrons. The summed E-state index contributed by atoms with van der Waals surface area (Å²) in [4.78, 5) is 11.4. The van der Waals surface area contributed by atoms with E-state index >= 15 is 0 Å². The summed E-state index contributed by atoms with van der Waals surface area (Å²) in [6, 6.07) is 4.66. The fourth-order valence-electron chi connectivity index (χ4n) is 1.26. The van der Waals surface area contributed by atoms with Gasteiger partial charge in [-0.2, -0.15) is 0 Å². The number of benzene rings is 1. The Labute approximate surface area is 117 Å². The molecule has 0 bridgehead atoms. The molecule has 0 aliphatic heterocycles. The number of hydrogen-bond acceptors (Lipinski definition) is 1. The lowest BCUT2D eigenvalue weighted by molar-refractivity contribution is -0.121. The van der Waals surface area contributed by atoms with Crippen LogP contribution in [0.2, 0.25) is 0 Å². The van der Waals surface area contributed by atoms with Crippen LogP contribution in [0.25, 0.3) is 0 Å². The fraction of sp³-hybridized carbons (Fsp3) is 0.417. The molecule has 0 aliphatic rings. The molecule has 0 aliphatic carbocycles. The first-order valence-electron chi connectivity index (χ1n) is 5.27. The van der Waals surface area contributed by atoms with Gasteiger partial charge < -0.3 is 5.32 Å². The molecule has 1 rings (SSSR count). The van der Waals surface area contributed by atoms with Gasteiger partial charge in [-0.25, -0.2) is 4.39 Å². The monoisotopic (exact) mass is 365 g/mol. The van der Waals surface area contributed by atoms with Gasteiger partial charge in [-0.05, 0) is 24.1 Å². The van der Waals surface area contributed by atoms with Crippen LogP contribution in [0, 0.1) is 11.7 Å². The third-order valence-corrected chi connectivity index (χ3v) is 4.26. The number of halogens is 3. The highest BCUT2D eigenvalue weighted by molar-refractivity contribution is 9.10. The number of nitrogens with one attached hydrogen (secondary N) is 1. The van der Waals surface area contributed by atoms with Crippen molar-refractivity contribution < 1.29 is 9.18 Å². The number of amides is 1. The molecule has 0 aromatic heterocycles. The van der Waals surface area contributed by atoms with Crippen molar-refractivity contribution in [3.8, 4) is 0 Å². The van der Waals surface area contributed by atoms with Crippen molar-refractivity contribution in [2.24, 2.45) is 5.92 Å². The van der Waals surface area contributed by atoms with E-state index in [2.05, 4.69) is 37.2 Å². The first-order chi connectivity index (χ1) is 7.91. The van der Waals surface area contributed by atoms with Crippen LogP contribution in [0.3, 0.4) is 0 Å². The van der Waals surface area contributed by atoms with Crippen molar-refractivity contribution >= 4 is 37.8 Å². The van der Waals surface area contributed by atoms with Crippen molar-refractivity contribution in [2.45, 2.75) is 25.2 Å². The van der Waals surface area contributed by atoms with Gasteiger partial charge in [0.15, 0.2) is 0 Å². The molecule has 1 aromatic carbocycles. The summed E-state index contributed by atoms with van der Waals surface area (Å²) in [5, 5.41) is 2.70. The smallest absolute Gasteiger partial charge is 0.234 e. The van der Waals surface area contributed by atoms with Crippen LogP contribution in [-0.2, 0) is 11.3 Å². The maximum Gasteiger partial charge on any atom is 0.234 e. The molecule has 94 valence electrons. The molecule has 1 atom stereocenters. The highest BCUT2D eigenvalue weighted by Gasteiger charge is 2.18. The maximum absolute atomic E-state index is 13.4. The Kier molecular flexibility index (Phi) is 5.59. The van der Waals surface area contributed by atoms with Gasteiger partial charge >= 0.3 is 0 Å². The van der Waals surface area contributed by atoms with Crippen LogP contribution in [-0.4, -0.2) is 10.7 Å². The standard InChI is InChI=1S/C12H14Br2FNO/c1-7(2)11(14)12(17)16-6-8-5-9(13)3-4-10(8)15/h3-5,7,11H,6H2,1-2H3,(H,16,17). The zero-order valence-electron chi connectivity index (χ0n) is 9.64. The molecule has 1 N–H and O–H groups in total. The second-order valence-electron chi connectivity index (χ2n) is 4.10. The first-order valence-corrected chi connectivity index (χ1v) is 6.98. The van der Waals surface area contributed by atoms with Gasteiger partial charge in [0.2, 0.25) is 5.91 Å². The zero-order chi connectivity index (χ0) is 13.0. The van der Waals surface area contributed by atoms with Gasteiger partial charge in [0, 0.05) is 16.6 Å². The van der Waals surface area contributed by atoms with Gasteiger partial charge in [-0.1, -0.05) is 45.7 Å². The predicted molar refractivity (Wildman–Crippen MR) is 73.5 cm³/mol. The largest absolute Gasteiger partial charge is 0.351 e. The molecule has 1 aromatic rings. The quantitative estimate of drug-likeness (QED) is 0.810. The molecule has 0 spiro atoms. The van der Waals surface area contributed by atoms with Gasteiger partial charge in [-0.15, -0.1) is 0 Å². The second-order valence-corrected chi connectivity index (χ2v) is 6.00. The van der Waals surface area contributed by atoms with Crippen molar-refractivity contribution in [3.63, 3.8) is 0 Å². The molecule has 0 fully saturated rings. The third kappa shape index (κ3) is 4.39.